The van der Waals surface area contributed by atoms with Gasteiger partial charge >= 0.3 is 0 Å². The van der Waals surface area contributed by atoms with E-state index in [0.717, 1.165) is 17.1 Å². The number of pyridine rings is 1. The Bertz CT molecular complexity index is 315. The summed E-state index contributed by atoms with van der Waals surface area (Å²) >= 11 is 6.16. The molecule has 1 N–H and O–H groups in total. The Balaban J connectivity index is 2.41. The normalized spacial score (nSPS) is 12.6. The summed E-state index contributed by atoms with van der Waals surface area (Å²) in [6.07, 6.45) is 9.42. The highest BCUT2D eigenvalue weighted by Gasteiger charge is 2.13. The maximum absolute atomic E-state index is 6.16. The highest BCUT2D eigenvalue weighted by atomic mass is 35.5. The summed E-state index contributed by atoms with van der Waals surface area (Å²) in [6.45, 7) is 2.24. The van der Waals surface area contributed by atoms with Gasteiger partial charge in [-0.15, -0.1) is 0 Å². The van der Waals surface area contributed by atoms with Crippen LogP contribution in [0.3, 0.4) is 0 Å². The minimum atomic E-state index is 0.283. The van der Waals surface area contributed by atoms with Gasteiger partial charge in [-0.2, -0.15) is 0 Å². The molecular weight excluding hydrogens is 232 g/mol. The van der Waals surface area contributed by atoms with Crippen LogP contribution >= 0.6 is 11.6 Å². The van der Waals surface area contributed by atoms with E-state index in [9.17, 15) is 0 Å². The fourth-order valence-electron chi connectivity index (χ4n) is 2.02. The molecule has 0 aromatic carbocycles. The third kappa shape index (κ3) is 5.05. The smallest absolute Gasteiger partial charge is 0.0758 e. The molecular formula is C14H23ClN2. The maximum atomic E-state index is 6.16. The van der Waals surface area contributed by atoms with E-state index in [1.54, 1.807) is 0 Å². The van der Waals surface area contributed by atoms with Crippen LogP contribution in [0.1, 0.15) is 57.2 Å². The number of halogens is 1. The van der Waals surface area contributed by atoms with Crippen LogP contribution in [0.25, 0.3) is 0 Å². The summed E-state index contributed by atoms with van der Waals surface area (Å²) < 4.78 is 0. The molecule has 0 spiro atoms. The minimum Gasteiger partial charge on any atom is -0.312 e. The number of aromatic nitrogens is 1. The van der Waals surface area contributed by atoms with Crippen LogP contribution in [-0.4, -0.2) is 12.0 Å². The molecule has 0 bridgehead atoms. The molecule has 96 valence electrons. The maximum Gasteiger partial charge on any atom is 0.0758 e. The molecule has 0 fully saturated rings. The van der Waals surface area contributed by atoms with Crippen LogP contribution in [0, 0.1) is 0 Å². The molecule has 0 saturated heterocycles. The van der Waals surface area contributed by atoms with Crippen LogP contribution in [0.5, 0.6) is 0 Å². The second kappa shape index (κ2) is 8.48. The van der Waals surface area contributed by atoms with E-state index in [1.807, 2.05) is 25.4 Å². The Kier molecular flexibility index (Phi) is 7.22. The van der Waals surface area contributed by atoms with E-state index < -0.39 is 0 Å². The molecule has 0 amide bonds. The van der Waals surface area contributed by atoms with E-state index >= 15 is 0 Å². The van der Waals surface area contributed by atoms with Crippen molar-refractivity contribution in [1.82, 2.24) is 10.3 Å². The molecule has 1 aromatic rings. The summed E-state index contributed by atoms with van der Waals surface area (Å²) in [7, 11) is 1.97. The summed E-state index contributed by atoms with van der Waals surface area (Å²) in [5.74, 6) is 0. The van der Waals surface area contributed by atoms with Crippen LogP contribution in [0.2, 0.25) is 5.02 Å². The predicted molar refractivity (Wildman–Crippen MR) is 74.4 cm³/mol. The topological polar surface area (TPSA) is 24.9 Å². The van der Waals surface area contributed by atoms with Gasteiger partial charge in [0.25, 0.3) is 0 Å². The average Bonchev–Trinajstić information content (AvgIpc) is 2.35. The van der Waals surface area contributed by atoms with Crippen molar-refractivity contribution < 1.29 is 0 Å². The number of rotatable bonds is 8. The lowest BCUT2D eigenvalue weighted by Crippen LogP contribution is -2.18. The van der Waals surface area contributed by atoms with Crippen molar-refractivity contribution in [1.29, 1.82) is 0 Å². The number of nitrogens with one attached hydrogen (secondary N) is 1. The van der Waals surface area contributed by atoms with Gasteiger partial charge in [-0.05, 0) is 25.6 Å². The second-order valence-electron chi connectivity index (χ2n) is 4.41. The number of unbranched alkanes of at least 4 members (excludes halogenated alkanes) is 4. The van der Waals surface area contributed by atoms with Crippen molar-refractivity contribution in [3.05, 3.63) is 29.0 Å². The molecule has 1 atom stereocenters. The van der Waals surface area contributed by atoms with E-state index in [4.69, 9.17) is 11.6 Å². The lowest BCUT2D eigenvalue weighted by atomic mass is 10.0. The molecule has 1 rings (SSSR count). The first-order chi connectivity index (χ1) is 8.29. The Morgan fingerprint density at radius 3 is 2.71 bits per heavy atom. The molecule has 1 heterocycles. The lowest BCUT2D eigenvalue weighted by molar-refractivity contribution is 0.492. The molecule has 0 aliphatic heterocycles. The molecule has 2 nitrogen and oxygen atoms in total. The summed E-state index contributed by atoms with van der Waals surface area (Å²) in [5.41, 5.74) is 0.979. The predicted octanol–water partition coefficient (Wildman–Crippen LogP) is 4.36. The van der Waals surface area contributed by atoms with Crippen LogP contribution in [0.15, 0.2) is 18.3 Å². The Labute approximate surface area is 110 Å². The largest absolute Gasteiger partial charge is 0.312 e. The summed E-state index contributed by atoms with van der Waals surface area (Å²) in [6, 6.07) is 4.07. The van der Waals surface area contributed by atoms with E-state index in [1.165, 1.54) is 32.1 Å². The van der Waals surface area contributed by atoms with Gasteiger partial charge in [0.2, 0.25) is 0 Å². The molecule has 0 aliphatic carbocycles. The summed E-state index contributed by atoms with van der Waals surface area (Å²) in [5, 5.41) is 4.07. The Morgan fingerprint density at radius 1 is 1.29 bits per heavy atom. The van der Waals surface area contributed by atoms with E-state index in [0.29, 0.717) is 0 Å². The average molecular weight is 255 g/mol. The van der Waals surface area contributed by atoms with Gasteiger partial charge in [-0.25, -0.2) is 0 Å². The molecule has 17 heavy (non-hydrogen) atoms. The van der Waals surface area contributed by atoms with E-state index in [-0.39, 0.29) is 6.04 Å². The first-order valence-electron chi connectivity index (χ1n) is 6.57. The van der Waals surface area contributed by atoms with Crippen LogP contribution in [0.4, 0.5) is 0 Å². The SMILES string of the molecule is CCCCCCCC(NC)c1ncccc1Cl. The van der Waals surface area contributed by atoms with Crippen molar-refractivity contribution in [3.63, 3.8) is 0 Å². The molecule has 1 unspecified atom stereocenters. The van der Waals surface area contributed by atoms with Gasteiger partial charge in [-0.3, -0.25) is 4.98 Å². The third-order valence-corrected chi connectivity index (χ3v) is 3.38. The van der Waals surface area contributed by atoms with Crippen molar-refractivity contribution in [3.8, 4) is 0 Å². The van der Waals surface area contributed by atoms with Crippen molar-refractivity contribution in [2.75, 3.05) is 7.05 Å². The van der Waals surface area contributed by atoms with Gasteiger partial charge in [0, 0.05) is 6.20 Å². The Hall–Kier alpha value is -0.600. The van der Waals surface area contributed by atoms with Gasteiger partial charge < -0.3 is 5.32 Å². The van der Waals surface area contributed by atoms with Gasteiger partial charge in [-0.1, -0.05) is 50.6 Å². The van der Waals surface area contributed by atoms with Crippen molar-refractivity contribution >= 4 is 11.6 Å². The van der Waals surface area contributed by atoms with Crippen LogP contribution in [-0.2, 0) is 0 Å². The highest BCUT2D eigenvalue weighted by molar-refractivity contribution is 6.31. The molecule has 0 radical (unpaired) electrons. The number of nitrogens with zero attached hydrogens (tertiary/aromatic N) is 1. The third-order valence-electron chi connectivity index (χ3n) is 3.06. The van der Waals surface area contributed by atoms with Crippen molar-refractivity contribution in [2.45, 2.75) is 51.5 Å². The number of hydrogen-bond donors (Lipinski definition) is 1. The molecule has 1 aromatic heterocycles. The van der Waals surface area contributed by atoms with Crippen molar-refractivity contribution in [2.24, 2.45) is 0 Å². The lowest BCUT2D eigenvalue weighted by Gasteiger charge is -2.16. The zero-order chi connectivity index (χ0) is 12.5. The molecule has 0 aliphatic rings. The Morgan fingerprint density at radius 2 is 2.06 bits per heavy atom. The standard InChI is InChI=1S/C14H23ClN2/c1-3-4-5-6-7-10-13(16-2)14-12(15)9-8-11-17-14/h8-9,11,13,16H,3-7,10H2,1-2H3. The fourth-order valence-corrected chi connectivity index (χ4v) is 2.28. The summed E-state index contributed by atoms with van der Waals surface area (Å²) in [4.78, 5) is 4.37. The zero-order valence-corrected chi connectivity index (χ0v) is 11.6. The van der Waals surface area contributed by atoms with Gasteiger partial charge in [0.1, 0.15) is 0 Å². The monoisotopic (exact) mass is 254 g/mol. The highest BCUT2D eigenvalue weighted by Crippen LogP contribution is 2.24. The zero-order valence-electron chi connectivity index (χ0n) is 10.9. The quantitative estimate of drug-likeness (QED) is 0.698. The minimum absolute atomic E-state index is 0.283. The first kappa shape index (κ1) is 14.5. The first-order valence-corrected chi connectivity index (χ1v) is 6.95. The molecule has 3 heteroatoms. The van der Waals surface area contributed by atoms with Gasteiger partial charge in [0.15, 0.2) is 0 Å². The van der Waals surface area contributed by atoms with Crippen LogP contribution < -0.4 is 5.32 Å². The second-order valence-corrected chi connectivity index (χ2v) is 4.82. The number of hydrogen-bond acceptors (Lipinski definition) is 2. The van der Waals surface area contributed by atoms with Gasteiger partial charge in [0.05, 0.1) is 16.8 Å². The van der Waals surface area contributed by atoms with E-state index in [2.05, 4.69) is 17.2 Å². The molecule has 0 saturated carbocycles. The fraction of sp³-hybridized carbons (Fsp3) is 0.643.